The highest BCUT2D eigenvalue weighted by Crippen LogP contribution is 2.39. The largest absolute Gasteiger partial charge is 0.507 e. The number of rotatable bonds is 4. The van der Waals surface area contributed by atoms with Gasteiger partial charge in [0, 0.05) is 5.56 Å². The molecule has 3 rings (SSSR count). The van der Waals surface area contributed by atoms with Gasteiger partial charge in [-0.2, -0.15) is 0 Å². The van der Waals surface area contributed by atoms with E-state index in [1.165, 1.54) is 12.1 Å². The molecule has 2 N–H and O–H groups in total. The summed E-state index contributed by atoms with van der Waals surface area (Å²) in [6.45, 7) is -0.724. The highest BCUT2D eigenvalue weighted by atomic mass is 19.1. The Morgan fingerprint density at radius 2 is 1.62 bits per heavy atom. The maximum Gasteiger partial charge on any atom is 0.323 e. The molecule has 0 radical (unpaired) electrons. The molecule has 0 aliphatic carbocycles. The summed E-state index contributed by atoms with van der Waals surface area (Å²) in [6.07, 6.45) is 0. The number of hydrogen-bond acceptors (Lipinski definition) is 4. The van der Waals surface area contributed by atoms with Gasteiger partial charge in [0.1, 0.15) is 18.1 Å². The van der Waals surface area contributed by atoms with Crippen LogP contribution < -0.4 is 0 Å². The normalized spacial score (nSPS) is 19.0. The first-order chi connectivity index (χ1) is 12.4. The average molecular weight is 355 g/mol. The van der Waals surface area contributed by atoms with Gasteiger partial charge < -0.3 is 15.1 Å². The van der Waals surface area contributed by atoms with Gasteiger partial charge in [0.05, 0.1) is 11.6 Å². The minimum Gasteiger partial charge on any atom is -0.507 e. The van der Waals surface area contributed by atoms with E-state index in [1.54, 1.807) is 30.3 Å². The zero-order valence-electron chi connectivity index (χ0n) is 13.4. The second-order valence-corrected chi connectivity index (χ2v) is 5.74. The van der Waals surface area contributed by atoms with Gasteiger partial charge in [-0.25, -0.2) is 4.39 Å². The van der Waals surface area contributed by atoms with E-state index in [0.717, 1.165) is 17.0 Å². The first kappa shape index (κ1) is 17.3. The van der Waals surface area contributed by atoms with Gasteiger partial charge in [0.2, 0.25) is 0 Å². The fourth-order valence-corrected chi connectivity index (χ4v) is 2.93. The molecule has 1 amide bonds. The Labute approximate surface area is 147 Å². The molecule has 26 heavy (non-hydrogen) atoms. The van der Waals surface area contributed by atoms with Crippen LogP contribution in [0.3, 0.4) is 0 Å². The molecular weight excluding hydrogens is 341 g/mol. The highest BCUT2D eigenvalue weighted by Gasteiger charge is 2.46. The Hall–Kier alpha value is -3.48. The van der Waals surface area contributed by atoms with Crippen LogP contribution in [0.1, 0.15) is 17.2 Å². The number of benzene rings is 2. The van der Waals surface area contributed by atoms with Crippen LogP contribution in [0.15, 0.2) is 60.2 Å². The summed E-state index contributed by atoms with van der Waals surface area (Å²) in [6, 6.07) is 12.0. The topological polar surface area (TPSA) is 94.9 Å². The first-order valence-corrected chi connectivity index (χ1v) is 7.71. The lowest BCUT2D eigenvalue weighted by atomic mass is 9.95. The average Bonchev–Trinajstić information content (AvgIpc) is 2.87. The number of aliphatic carboxylic acids is 1. The van der Waals surface area contributed by atoms with E-state index in [0.29, 0.717) is 11.1 Å². The summed E-state index contributed by atoms with van der Waals surface area (Å²) < 4.78 is 13.3. The van der Waals surface area contributed by atoms with Crippen molar-refractivity contribution in [1.82, 2.24) is 4.90 Å². The molecule has 0 spiro atoms. The molecule has 1 heterocycles. The van der Waals surface area contributed by atoms with Crippen molar-refractivity contribution in [1.29, 1.82) is 0 Å². The number of carboxylic acid groups (broad SMARTS) is 1. The van der Waals surface area contributed by atoms with Crippen LogP contribution in [-0.2, 0) is 14.4 Å². The maximum atomic E-state index is 13.3. The van der Waals surface area contributed by atoms with Gasteiger partial charge >= 0.3 is 5.97 Å². The lowest BCUT2D eigenvalue weighted by molar-refractivity contribution is -0.146. The quantitative estimate of drug-likeness (QED) is 0.499. The van der Waals surface area contributed by atoms with Crippen molar-refractivity contribution in [3.63, 3.8) is 0 Å². The van der Waals surface area contributed by atoms with Gasteiger partial charge in [0.25, 0.3) is 11.7 Å². The van der Waals surface area contributed by atoms with Crippen LogP contribution in [0.2, 0.25) is 0 Å². The van der Waals surface area contributed by atoms with Crippen molar-refractivity contribution in [2.24, 2.45) is 0 Å². The van der Waals surface area contributed by atoms with E-state index in [4.69, 9.17) is 5.11 Å². The van der Waals surface area contributed by atoms with E-state index < -0.39 is 41.8 Å². The Bertz CT molecular complexity index is 905. The molecule has 0 bridgehead atoms. The van der Waals surface area contributed by atoms with E-state index in [-0.39, 0.29) is 5.57 Å². The Morgan fingerprint density at radius 1 is 1.00 bits per heavy atom. The van der Waals surface area contributed by atoms with Crippen LogP contribution in [-0.4, -0.2) is 39.3 Å². The summed E-state index contributed by atoms with van der Waals surface area (Å²) in [7, 11) is 0. The molecule has 6 nitrogen and oxygen atoms in total. The molecule has 2 aromatic carbocycles. The number of hydrogen-bond donors (Lipinski definition) is 2. The SMILES string of the molecule is O=C(O)CN1C(=O)C(=O)C(=C(O)c2ccccc2)[C@@H]1c1ccc(F)cc1. The molecule has 7 heteroatoms. The molecular formula is C19H14FNO5. The van der Waals surface area contributed by atoms with Crippen molar-refractivity contribution in [3.8, 4) is 0 Å². The van der Waals surface area contributed by atoms with Gasteiger partial charge in [-0.3, -0.25) is 14.4 Å². The third-order valence-electron chi connectivity index (χ3n) is 4.08. The number of carbonyl (C=O) groups is 3. The van der Waals surface area contributed by atoms with Crippen molar-refractivity contribution in [3.05, 3.63) is 77.1 Å². The summed E-state index contributed by atoms with van der Waals surface area (Å²) in [5, 5.41) is 19.7. The predicted molar refractivity (Wildman–Crippen MR) is 89.5 cm³/mol. The van der Waals surface area contributed by atoms with Crippen molar-refractivity contribution in [2.45, 2.75) is 6.04 Å². The van der Waals surface area contributed by atoms with Gasteiger partial charge in [-0.1, -0.05) is 42.5 Å². The molecule has 0 saturated carbocycles. The third-order valence-corrected chi connectivity index (χ3v) is 4.08. The van der Waals surface area contributed by atoms with Crippen LogP contribution in [0.25, 0.3) is 5.76 Å². The second kappa shape index (κ2) is 6.79. The molecule has 1 aliphatic rings. The highest BCUT2D eigenvalue weighted by molar-refractivity contribution is 6.46. The summed E-state index contributed by atoms with van der Waals surface area (Å²) in [5.41, 5.74) is 0.409. The van der Waals surface area contributed by atoms with E-state index >= 15 is 0 Å². The number of carboxylic acids is 1. The van der Waals surface area contributed by atoms with Gasteiger partial charge in [-0.15, -0.1) is 0 Å². The first-order valence-electron chi connectivity index (χ1n) is 7.71. The number of ketones is 1. The molecule has 1 saturated heterocycles. The van der Waals surface area contributed by atoms with Crippen LogP contribution >= 0.6 is 0 Å². The van der Waals surface area contributed by atoms with Gasteiger partial charge in [0.15, 0.2) is 0 Å². The summed E-state index contributed by atoms with van der Waals surface area (Å²) in [4.78, 5) is 36.8. The lowest BCUT2D eigenvalue weighted by Crippen LogP contribution is -2.34. The third kappa shape index (κ3) is 3.06. The smallest absolute Gasteiger partial charge is 0.323 e. The van der Waals surface area contributed by atoms with Crippen molar-refractivity contribution < 1.29 is 29.0 Å². The number of aliphatic hydroxyl groups is 1. The summed E-state index contributed by atoms with van der Waals surface area (Å²) in [5.74, 6) is -4.25. The number of likely N-dealkylation sites (tertiary alicyclic amines) is 1. The van der Waals surface area contributed by atoms with E-state index in [2.05, 4.69) is 0 Å². The summed E-state index contributed by atoms with van der Waals surface area (Å²) >= 11 is 0. The van der Waals surface area contributed by atoms with Crippen molar-refractivity contribution >= 4 is 23.4 Å². The minimum absolute atomic E-state index is 0.228. The zero-order valence-corrected chi connectivity index (χ0v) is 13.4. The Morgan fingerprint density at radius 3 is 2.19 bits per heavy atom. The van der Waals surface area contributed by atoms with Crippen LogP contribution in [0, 0.1) is 5.82 Å². The van der Waals surface area contributed by atoms with Crippen molar-refractivity contribution in [2.75, 3.05) is 6.54 Å². The number of nitrogens with zero attached hydrogens (tertiary/aromatic N) is 1. The number of amides is 1. The lowest BCUT2D eigenvalue weighted by Gasteiger charge is -2.23. The van der Waals surface area contributed by atoms with Gasteiger partial charge in [-0.05, 0) is 17.7 Å². The molecule has 1 fully saturated rings. The molecule has 0 aromatic heterocycles. The molecule has 132 valence electrons. The molecule has 0 unspecified atom stereocenters. The fourth-order valence-electron chi connectivity index (χ4n) is 2.93. The molecule has 1 atom stereocenters. The zero-order chi connectivity index (χ0) is 18.8. The minimum atomic E-state index is -1.31. The predicted octanol–water partition coefficient (Wildman–Crippen LogP) is 2.33. The maximum absolute atomic E-state index is 13.3. The number of carbonyl (C=O) groups excluding carboxylic acids is 2. The van der Waals surface area contributed by atoms with E-state index in [1.807, 2.05) is 0 Å². The van der Waals surface area contributed by atoms with E-state index in [9.17, 15) is 23.9 Å². The molecule has 2 aromatic rings. The number of Topliss-reactive ketones (excluding diaryl/α,β-unsaturated/α-hetero) is 1. The fraction of sp³-hybridized carbons (Fsp3) is 0.105. The number of halogens is 1. The second-order valence-electron chi connectivity index (χ2n) is 5.74. The molecule has 1 aliphatic heterocycles. The number of aliphatic hydroxyl groups excluding tert-OH is 1. The van der Waals surface area contributed by atoms with Crippen LogP contribution in [0.5, 0.6) is 0 Å². The Balaban J connectivity index is 2.19. The Kier molecular flexibility index (Phi) is 4.53. The monoisotopic (exact) mass is 355 g/mol. The van der Waals surface area contributed by atoms with Crippen LogP contribution in [0.4, 0.5) is 4.39 Å². The standard InChI is InChI=1S/C19H14FNO5/c20-13-8-6-11(7-9-13)16-15(17(24)12-4-2-1-3-5-12)18(25)19(26)21(16)10-14(22)23/h1-9,16,24H,10H2,(H,22,23)/t16-/m0/s1.